The van der Waals surface area contributed by atoms with E-state index in [-0.39, 0.29) is 12.5 Å². The average molecular weight is 391 g/mol. The molecule has 0 unspecified atom stereocenters. The molecule has 1 aromatic heterocycles. The number of nitrogens with zero attached hydrogens (tertiary/aromatic N) is 2. The molecule has 6 nitrogen and oxygen atoms in total. The van der Waals surface area contributed by atoms with Gasteiger partial charge in [0.25, 0.3) is 11.6 Å². The van der Waals surface area contributed by atoms with E-state index in [9.17, 15) is 13.6 Å². The van der Waals surface area contributed by atoms with Gasteiger partial charge in [-0.05, 0) is 36.4 Å². The van der Waals surface area contributed by atoms with E-state index in [0.717, 1.165) is 0 Å². The summed E-state index contributed by atoms with van der Waals surface area (Å²) >= 11 is 0.473. The van der Waals surface area contributed by atoms with E-state index >= 15 is 0 Å². The molecule has 0 fully saturated rings. The number of aromatic nitrogens is 2. The van der Waals surface area contributed by atoms with Crippen LogP contribution in [0.1, 0.15) is 22.1 Å². The molecule has 27 heavy (non-hydrogen) atoms. The lowest BCUT2D eigenvalue weighted by atomic mass is 10.1. The van der Waals surface area contributed by atoms with E-state index in [1.54, 1.807) is 55.5 Å². The molecule has 0 saturated carbocycles. The second kappa shape index (κ2) is 8.63. The van der Waals surface area contributed by atoms with Gasteiger partial charge in [0.2, 0.25) is 5.89 Å². The molecule has 0 amide bonds. The fourth-order valence-electron chi connectivity index (χ4n) is 2.25. The van der Waals surface area contributed by atoms with Gasteiger partial charge in [-0.2, -0.15) is 8.78 Å². The first-order valence-corrected chi connectivity index (χ1v) is 8.76. The van der Waals surface area contributed by atoms with E-state index in [0.29, 0.717) is 39.5 Å². The van der Waals surface area contributed by atoms with Crippen LogP contribution in [0.2, 0.25) is 0 Å². The highest BCUT2D eigenvalue weighted by molar-refractivity contribution is 7.99. The summed E-state index contributed by atoms with van der Waals surface area (Å²) in [6.45, 7) is 1.51. The van der Waals surface area contributed by atoms with Gasteiger partial charge in [0.05, 0.1) is 11.3 Å². The third-order valence-electron chi connectivity index (χ3n) is 3.40. The number of esters is 1. The molecule has 0 spiro atoms. The molecule has 140 valence electrons. The summed E-state index contributed by atoms with van der Waals surface area (Å²) in [4.78, 5) is 12.8. The Bertz CT molecular complexity index is 916. The number of hydrogen-bond donors (Lipinski definition) is 1. The largest absolute Gasteiger partial charge is 0.452 e. The summed E-state index contributed by atoms with van der Waals surface area (Å²) in [5.74, 6) is -2.43. The van der Waals surface area contributed by atoms with Crippen molar-refractivity contribution in [3.63, 3.8) is 0 Å². The molecule has 0 aliphatic carbocycles. The average Bonchev–Trinajstić information content (AvgIpc) is 3.07. The van der Waals surface area contributed by atoms with Gasteiger partial charge in [0.15, 0.2) is 6.61 Å². The zero-order valence-electron chi connectivity index (χ0n) is 14.2. The minimum Gasteiger partial charge on any atom is -0.452 e. The Morgan fingerprint density at radius 1 is 1.19 bits per heavy atom. The Hall–Kier alpha value is -2.94. The predicted molar refractivity (Wildman–Crippen MR) is 96.2 cm³/mol. The highest BCUT2D eigenvalue weighted by Crippen LogP contribution is 2.28. The lowest BCUT2D eigenvalue weighted by Crippen LogP contribution is -2.08. The first kappa shape index (κ1) is 18.8. The number of nitrogens with one attached hydrogen (secondary N) is 1. The number of ether oxygens (including phenoxy) is 1. The molecule has 3 aromatic rings. The fourth-order valence-corrected chi connectivity index (χ4v) is 2.75. The number of carbonyl (C=O) groups is 1. The first-order chi connectivity index (χ1) is 13.0. The monoisotopic (exact) mass is 391 g/mol. The molecule has 3 rings (SSSR count). The van der Waals surface area contributed by atoms with Crippen molar-refractivity contribution >= 4 is 29.1 Å². The van der Waals surface area contributed by atoms with Gasteiger partial charge in [-0.3, -0.25) is 0 Å². The second-order valence-electron chi connectivity index (χ2n) is 5.36. The van der Waals surface area contributed by atoms with Gasteiger partial charge in [0, 0.05) is 17.5 Å². The van der Waals surface area contributed by atoms with Gasteiger partial charge >= 0.3 is 5.97 Å². The lowest BCUT2D eigenvalue weighted by molar-refractivity contribution is 0.0438. The van der Waals surface area contributed by atoms with Crippen molar-refractivity contribution in [2.75, 3.05) is 5.32 Å². The van der Waals surface area contributed by atoms with Crippen molar-refractivity contribution in [3.05, 3.63) is 65.9 Å². The van der Waals surface area contributed by atoms with Crippen molar-refractivity contribution in [2.45, 2.75) is 24.2 Å². The van der Waals surface area contributed by atoms with Crippen LogP contribution in [0.15, 0.2) is 57.8 Å². The van der Waals surface area contributed by atoms with Crippen LogP contribution in [0.5, 0.6) is 0 Å². The number of hydrogen-bond acceptors (Lipinski definition) is 7. The number of benzene rings is 2. The van der Waals surface area contributed by atoms with Crippen molar-refractivity contribution < 1.29 is 22.7 Å². The van der Waals surface area contributed by atoms with Gasteiger partial charge in [0.1, 0.15) is 0 Å². The molecule has 0 bridgehead atoms. The summed E-state index contributed by atoms with van der Waals surface area (Å²) in [5, 5.41) is 10.5. The minimum absolute atomic E-state index is 0.131. The third-order valence-corrected chi connectivity index (χ3v) is 4.12. The van der Waals surface area contributed by atoms with Crippen molar-refractivity contribution in [2.24, 2.45) is 0 Å². The van der Waals surface area contributed by atoms with Gasteiger partial charge in [-0.1, -0.05) is 23.9 Å². The maximum absolute atomic E-state index is 12.4. The Kier molecular flexibility index (Phi) is 6.02. The van der Waals surface area contributed by atoms with E-state index in [1.165, 1.54) is 0 Å². The van der Waals surface area contributed by atoms with Gasteiger partial charge in [-0.15, -0.1) is 10.2 Å². The number of halogens is 2. The van der Waals surface area contributed by atoms with Crippen LogP contribution >= 0.6 is 11.8 Å². The summed E-state index contributed by atoms with van der Waals surface area (Å²) in [6.07, 6.45) is 0. The standard InChI is InChI=1S/C18H15F2N3O3S/c1-11-22-23-16(26-11)10-25-17(24)14-4-2-3-5-15(14)21-12-6-8-13(9-7-12)27-18(19)20/h2-9,18,21H,10H2,1H3. The van der Waals surface area contributed by atoms with Crippen LogP contribution in [0.25, 0.3) is 0 Å². The molecule has 0 saturated heterocycles. The smallest absolute Gasteiger partial charge is 0.340 e. The summed E-state index contributed by atoms with van der Waals surface area (Å²) in [7, 11) is 0. The number of aryl methyl sites for hydroxylation is 1. The van der Waals surface area contributed by atoms with E-state index < -0.39 is 11.7 Å². The topological polar surface area (TPSA) is 77.2 Å². The Labute approximate surface area is 157 Å². The molecular formula is C18H15F2N3O3S. The molecule has 1 heterocycles. The van der Waals surface area contributed by atoms with Crippen LogP contribution in [0.3, 0.4) is 0 Å². The first-order valence-electron chi connectivity index (χ1n) is 7.88. The predicted octanol–water partition coefficient (Wildman–Crippen LogP) is 4.79. The number of carbonyl (C=O) groups excluding carboxylic acids is 1. The molecule has 0 radical (unpaired) electrons. The Balaban J connectivity index is 1.68. The van der Waals surface area contributed by atoms with Crippen LogP contribution in [-0.2, 0) is 11.3 Å². The lowest BCUT2D eigenvalue weighted by Gasteiger charge is -2.11. The molecule has 1 N–H and O–H groups in total. The maximum atomic E-state index is 12.4. The van der Waals surface area contributed by atoms with E-state index in [2.05, 4.69) is 15.5 Å². The number of rotatable bonds is 7. The summed E-state index contributed by atoms with van der Waals surface area (Å²) < 4.78 is 35.1. The van der Waals surface area contributed by atoms with Gasteiger partial charge in [-0.25, -0.2) is 4.79 Å². The van der Waals surface area contributed by atoms with Crippen LogP contribution in [0.4, 0.5) is 20.2 Å². The normalized spacial score (nSPS) is 10.8. The highest BCUT2D eigenvalue weighted by Gasteiger charge is 2.14. The maximum Gasteiger partial charge on any atom is 0.340 e. The number of thioether (sulfide) groups is 1. The number of alkyl halides is 2. The second-order valence-corrected chi connectivity index (χ2v) is 6.43. The quantitative estimate of drug-likeness (QED) is 0.458. The van der Waals surface area contributed by atoms with E-state index in [1.807, 2.05) is 0 Å². The molecule has 0 aliphatic rings. The van der Waals surface area contributed by atoms with Crippen molar-refractivity contribution in [1.29, 1.82) is 0 Å². The van der Waals surface area contributed by atoms with Crippen molar-refractivity contribution in [3.8, 4) is 0 Å². The molecule has 0 aliphatic heterocycles. The summed E-state index contributed by atoms with van der Waals surface area (Å²) in [6, 6.07) is 13.3. The highest BCUT2D eigenvalue weighted by atomic mass is 32.2. The molecule has 9 heteroatoms. The molecule has 0 atom stereocenters. The van der Waals surface area contributed by atoms with Crippen molar-refractivity contribution in [1.82, 2.24) is 10.2 Å². The van der Waals surface area contributed by atoms with E-state index in [4.69, 9.17) is 9.15 Å². The third kappa shape index (κ3) is 5.27. The number of para-hydroxylation sites is 1. The zero-order chi connectivity index (χ0) is 19.2. The SMILES string of the molecule is Cc1nnc(COC(=O)c2ccccc2Nc2ccc(SC(F)F)cc2)o1. The molecular weight excluding hydrogens is 376 g/mol. The Morgan fingerprint density at radius 2 is 1.93 bits per heavy atom. The fraction of sp³-hybridized carbons (Fsp3) is 0.167. The Morgan fingerprint density at radius 3 is 2.59 bits per heavy atom. The zero-order valence-corrected chi connectivity index (χ0v) is 15.0. The molecule has 2 aromatic carbocycles. The number of anilines is 2. The van der Waals surface area contributed by atoms with Crippen LogP contribution in [0, 0.1) is 6.92 Å². The minimum atomic E-state index is -2.47. The van der Waals surface area contributed by atoms with Crippen LogP contribution < -0.4 is 5.32 Å². The summed E-state index contributed by atoms with van der Waals surface area (Å²) in [5.41, 5.74) is 1.50. The van der Waals surface area contributed by atoms with Gasteiger partial charge < -0.3 is 14.5 Å². The van der Waals surface area contributed by atoms with Crippen LogP contribution in [-0.4, -0.2) is 21.9 Å².